The van der Waals surface area contributed by atoms with E-state index in [1.807, 2.05) is 0 Å². The van der Waals surface area contributed by atoms with Gasteiger partial charge in [0, 0.05) is 13.2 Å². The minimum Gasteiger partial charge on any atom is -0.396 e. The summed E-state index contributed by atoms with van der Waals surface area (Å²) in [7, 11) is 0. The molecule has 0 amide bonds. The highest BCUT2D eigenvalue weighted by atomic mass is 16.5. The van der Waals surface area contributed by atoms with Crippen LogP contribution in [0.3, 0.4) is 0 Å². The molecule has 0 saturated heterocycles. The second-order valence-electron chi connectivity index (χ2n) is 9.64. The molecule has 2 atom stereocenters. The number of hydrogen-bond donors (Lipinski definition) is 2. The lowest BCUT2D eigenvalue weighted by Crippen LogP contribution is -2.24. The number of aliphatic hydroxyl groups is 2. The Morgan fingerprint density at radius 1 is 0.419 bits per heavy atom. The SMILES string of the molecule is CCCCCCCCCCCC(CCO)OC(CCO)CCCCCCCCCCC. The third-order valence-corrected chi connectivity index (χ3v) is 6.55. The van der Waals surface area contributed by atoms with Crippen LogP contribution in [0.4, 0.5) is 0 Å². The Hall–Kier alpha value is -0.120. The quantitative estimate of drug-likeness (QED) is 0.132. The van der Waals surface area contributed by atoms with Crippen molar-refractivity contribution < 1.29 is 14.9 Å². The molecule has 188 valence electrons. The van der Waals surface area contributed by atoms with Gasteiger partial charge in [-0.3, -0.25) is 0 Å². The van der Waals surface area contributed by atoms with Crippen LogP contribution in [0, 0.1) is 0 Å². The largest absolute Gasteiger partial charge is 0.396 e. The molecule has 0 rings (SSSR count). The van der Waals surface area contributed by atoms with Gasteiger partial charge in [-0.1, -0.05) is 129 Å². The van der Waals surface area contributed by atoms with E-state index >= 15 is 0 Å². The average Bonchev–Trinajstić information content (AvgIpc) is 2.77. The van der Waals surface area contributed by atoms with E-state index in [-0.39, 0.29) is 25.4 Å². The molecule has 0 aromatic rings. The molecule has 0 saturated carbocycles. The molecule has 3 nitrogen and oxygen atoms in total. The summed E-state index contributed by atoms with van der Waals surface area (Å²) in [5, 5.41) is 18.9. The Morgan fingerprint density at radius 3 is 1.00 bits per heavy atom. The van der Waals surface area contributed by atoms with Gasteiger partial charge in [0.05, 0.1) is 12.2 Å². The molecule has 0 aliphatic rings. The molecule has 0 aliphatic heterocycles. The maximum atomic E-state index is 9.44. The van der Waals surface area contributed by atoms with Crippen molar-refractivity contribution in [3.8, 4) is 0 Å². The van der Waals surface area contributed by atoms with Gasteiger partial charge in [0.25, 0.3) is 0 Å². The minimum atomic E-state index is 0.157. The topological polar surface area (TPSA) is 49.7 Å². The fraction of sp³-hybridized carbons (Fsp3) is 1.00. The summed E-state index contributed by atoms with van der Waals surface area (Å²) in [6, 6.07) is 0. The Morgan fingerprint density at radius 2 is 0.710 bits per heavy atom. The molecule has 3 heteroatoms. The van der Waals surface area contributed by atoms with E-state index in [0.29, 0.717) is 0 Å². The van der Waals surface area contributed by atoms with Gasteiger partial charge < -0.3 is 14.9 Å². The van der Waals surface area contributed by atoms with Crippen molar-refractivity contribution >= 4 is 0 Å². The number of hydrogen-bond acceptors (Lipinski definition) is 3. The Labute approximate surface area is 195 Å². The molecule has 2 N–H and O–H groups in total. The first-order valence-electron chi connectivity index (χ1n) is 14.2. The van der Waals surface area contributed by atoms with Gasteiger partial charge in [-0.25, -0.2) is 0 Å². The Balaban J connectivity index is 3.88. The highest BCUT2D eigenvalue weighted by Crippen LogP contribution is 2.19. The lowest BCUT2D eigenvalue weighted by molar-refractivity contribution is -0.0419. The molecule has 0 fully saturated rings. The number of ether oxygens (including phenoxy) is 1. The fourth-order valence-electron chi connectivity index (χ4n) is 4.49. The average molecular weight is 443 g/mol. The number of aliphatic hydroxyl groups excluding tert-OH is 2. The van der Waals surface area contributed by atoms with Crippen molar-refractivity contribution in [1.29, 1.82) is 0 Å². The summed E-state index contributed by atoms with van der Waals surface area (Å²) in [5.74, 6) is 0. The van der Waals surface area contributed by atoms with E-state index in [1.54, 1.807) is 0 Å². The lowest BCUT2D eigenvalue weighted by Gasteiger charge is -2.24. The zero-order valence-corrected chi connectivity index (χ0v) is 21.4. The van der Waals surface area contributed by atoms with Crippen molar-refractivity contribution in [3.63, 3.8) is 0 Å². The molecular weight excluding hydrogens is 384 g/mol. The molecule has 0 aliphatic carbocycles. The van der Waals surface area contributed by atoms with Gasteiger partial charge in [-0.05, 0) is 25.7 Å². The summed E-state index contributed by atoms with van der Waals surface area (Å²) in [5.41, 5.74) is 0. The van der Waals surface area contributed by atoms with Crippen LogP contribution in [0.1, 0.15) is 155 Å². The number of unbranched alkanes of at least 4 members (excludes halogenated alkanes) is 16. The van der Waals surface area contributed by atoms with E-state index in [0.717, 1.165) is 25.7 Å². The van der Waals surface area contributed by atoms with Crippen LogP contribution < -0.4 is 0 Å². The lowest BCUT2D eigenvalue weighted by atomic mass is 10.0. The van der Waals surface area contributed by atoms with Crippen LogP contribution in [-0.2, 0) is 4.74 Å². The van der Waals surface area contributed by atoms with E-state index in [9.17, 15) is 10.2 Å². The van der Waals surface area contributed by atoms with Crippen LogP contribution in [0.25, 0.3) is 0 Å². The minimum absolute atomic E-state index is 0.157. The summed E-state index contributed by atoms with van der Waals surface area (Å²) in [6.07, 6.45) is 28.0. The highest BCUT2D eigenvalue weighted by Gasteiger charge is 2.16. The molecule has 0 heterocycles. The van der Waals surface area contributed by atoms with E-state index in [4.69, 9.17) is 4.74 Å². The van der Waals surface area contributed by atoms with Crippen LogP contribution >= 0.6 is 0 Å². The van der Waals surface area contributed by atoms with Crippen molar-refractivity contribution in [1.82, 2.24) is 0 Å². The molecule has 0 aromatic heterocycles. The van der Waals surface area contributed by atoms with Crippen LogP contribution in [0.15, 0.2) is 0 Å². The molecule has 0 spiro atoms. The Kier molecular flexibility index (Phi) is 26.0. The predicted octanol–water partition coefficient (Wildman–Crippen LogP) is 8.35. The molecule has 0 radical (unpaired) electrons. The summed E-state index contributed by atoms with van der Waals surface area (Å²) >= 11 is 0. The van der Waals surface area contributed by atoms with E-state index in [1.165, 1.54) is 116 Å². The summed E-state index contributed by atoms with van der Waals surface area (Å²) < 4.78 is 6.36. The maximum Gasteiger partial charge on any atom is 0.0600 e. The normalized spacial score (nSPS) is 13.5. The molecule has 31 heavy (non-hydrogen) atoms. The maximum absolute atomic E-state index is 9.44. The summed E-state index contributed by atoms with van der Waals surface area (Å²) in [4.78, 5) is 0. The third kappa shape index (κ3) is 22.9. The molecular formula is C28H58O3. The van der Waals surface area contributed by atoms with Gasteiger partial charge in [-0.15, -0.1) is 0 Å². The predicted molar refractivity (Wildman–Crippen MR) is 136 cm³/mol. The monoisotopic (exact) mass is 442 g/mol. The van der Waals surface area contributed by atoms with E-state index in [2.05, 4.69) is 13.8 Å². The smallest absolute Gasteiger partial charge is 0.0600 e. The van der Waals surface area contributed by atoms with Crippen LogP contribution in [0.2, 0.25) is 0 Å². The number of rotatable bonds is 26. The first kappa shape index (κ1) is 30.9. The first-order chi connectivity index (χ1) is 15.3. The van der Waals surface area contributed by atoms with Gasteiger partial charge in [0.2, 0.25) is 0 Å². The van der Waals surface area contributed by atoms with Crippen molar-refractivity contribution in [2.45, 2.75) is 167 Å². The molecule has 0 bridgehead atoms. The van der Waals surface area contributed by atoms with Crippen LogP contribution in [-0.4, -0.2) is 35.6 Å². The van der Waals surface area contributed by atoms with Gasteiger partial charge in [-0.2, -0.15) is 0 Å². The first-order valence-corrected chi connectivity index (χ1v) is 14.2. The van der Waals surface area contributed by atoms with Crippen molar-refractivity contribution in [2.75, 3.05) is 13.2 Å². The second kappa shape index (κ2) is 26.1. The standard InChI is InChI=1S/C28H58O3/c1-3-5-7-9-11-13-15-17-19-21-27(23-25-29)31-28(24-26-30)22-20-18-16-14-12-10-8-6-4-2/h27-30H,3-26H2,1-2H3. The highest BCUT2D eigenvalue weighted by molar-refractivity contribution is 4.65. The summed E-state index contributed by atoms with van der Waals surface area (Å²) in [6.45, 7) is 4.94. The van der Waals surface area contributed by atoms with Gasteiger partial charge in [0.15, 0.2) is 0 Å². The van der Waals surface area contributed by atoms with Gasteiger partial charge >= 0.3 is 0 Å². The molecule has 2 unspecified atom stereocenters. The zero-order chi connectivity index (χ0) is 22.8. The van der Waals surface area contributed by atoms with Crippen molar-refractivity contribution in [2.24, 2.45) is 0 Å². The Bertz CT molecular complexity index is 291. The van der Waals surface area contributed by atoms with Gasteiger partial charge in [0.1, 0.15) is 0 Å². The third-order valence-electron chi connectivity index (χ3n) is 6.55. The second-order valence-corrected chi connectivity index (χ2v) is 9.64. The van der Waals surface area contributed by atoms with Crippen molar-refractivity contribution in [3.05, 3.63) is 0 Å². The fourth-order valence-corrected chi connectivity index (χ4v) is 4.49. The molecule has 0 aromatic carbocycles. The van der Waals surface area contributed by atoms with Crippen LogP contribution in [0.5, 0.6) is 0 Å². The zero-order valence-electron chi connectivity index (χ0n) is 21.4. The van der Waals surface area contributed by atoms with E-state index < -0.39 is 0 Å².